The first-order chi connectivity index (χ1) is 31.4. The van der Waals surface area contributed by atoms with Crippen molar-refractivity contribution < 1.29 is 9.59 Å². The molecule has 14 heteroatoms. The molecule has 3 unspecified atom stereocenters. The molecule has 2 saturated carbocycles. The fourth-order valence-electron chi connectivity index (χ4n) is 10.8. The van der Waals surface area contributed by atoms with E-state index in [1.54, 1.807) is 0 Å². The van der Waals surface area contributed by atoms with Crippen molar-refractivity contribution in [1.29, 1.82) is 0 Å². The number of nitrogens with zero attached hydrogens (tertiary/aromatic N) is 10. The molecule has 0 saturated heterocycles. The molecular weight excluding hydrogens is 801 g/mol. The first-order valence-electron chi connectivity index (χ1n) is 23.1. The normalized spacial score (nSPS) is 20.8. The monoisotopic (exact) mass is 854 g/mol. The zero-order valence-corrected chi connectivity index (χ0v) is 36.6. The van der Waals surface area contributed by atoms with Crippen LogP contribution in [0.2, 0.25) is 0 Å². The molecule has 4 aliphatic rings. The van der Waals surface area contributed by atoms with E-state index < -0.39 is 17.1 Å². The van der Waals surface area contributed by atoms with E-state index >= 15 is 9.59 Å². The smallest absolute Gasteiger partial charge is 0.256 e. The first kappa shape index (κ1) is 41.3. The molecule has 0 bridgehead atoms. The molecule has 4 heterocycles. The summed E-state index contributed by atoms with van der Waals surface area (Å²) in [6.07, 6.45) is 11.0. The fraction of sp³-hybridized carbons (Fsp3) is 0.400. The van der Waals surface area contributed by atoms with Crippen molar-refractivity contribution in [2.75, 3.05) is 0 Å². The lowest BCUT2D eigenvalue weighted by molar-refractivity contribution is -0.138. The van der Waals surface area contributed by atoms with Crippen LogP contribution in [0.25, 0.3) is 45.0 Å². The number of unbranched alkanes of at least 4 members (excludes halogenated alkanes) is 2. The number of hydrogen-bond acceptors (Lipinski definition) is 10. The number of aromatic amines is 2. The molecule has 0 radical (unpaired) electrons. The van der Waals surface area contributed by atoms with E-state index in [4.69, 9.17) is 9.98 Å². The van der Waals surface area contributed by atoms with E-state index in [2.05, 4.69) is 121 Å². The van der Waals surface area contributed by atoms with Gasteiger partial charge in [0.2, 0.25) is 0 Å². The predicted molar refractivity (Wildman–Crippen MR) is 245 cm³/mol. The molecule has 2 N–H and O–H groups in total. The highest BCUT2D eigenvalue weighted by atomic mass is 16.2. The molecule has 2 fully saturated rings. The molecule has 326 valence electrons. The number of amides is 2. The molecule has 2 aliphatic heterocycles. The average Bonchev–Trinajstić information content (AvgIpc) is 4.22. The lowest BCUT2D eigenvalue weighted by Crippen LogP contribution is -2.52. The summed E-state index contributed by atoms with van der Waals surface area (Å²) >= 11 is 0. The van der Waals surface area contributed by atoms with Gasteiger partial charge in [-0.05, 0) is 92.8 Å². The molecule has 10 rings (SSSR count). The average molecular weight is 855 g/mol. The number of nitrogens with one attached hydrogen (secondary N) is 2. The van der Waals surface area contributed by atoms with Gasteiger partial charge < -0.3 is 0 Å². The van der Waals surface area contributed by atoms with Crippen LogP contribution < -0.4 is 0 Å². The number of carbonyl (C=O) groups excluding carboxylic acids is 2. The second-order valence-corrected chi connectivity index (χ2v) is 17.8. The third-order valence-corrected chi connectivity index (χ3v) is 14.0. The minimum Gasteiger partial charge on any atom is -0.294 e. The van der Waals surface area contributed by atoms with Crippen molar-refractivity contribution in [2.24, 2.45) is 15.9 Å². The van der Waals surface area contributed by atoms with Crippen LogP contribution in [0.4, 0.5) is 0 Å². The predicted octanol–water partition coefficient (Wildman–Crippen LogP) is 9.34. The zero-order valence-electron chi connectivity index (χ0n) is 36.6. The first-order valence-corrected chi connectivity index (χ1v) is 23.1. The van der Waals surface area contributed by atoms with Gasteiger partial charge in [-0.1, -0.05) is 143 Å². The van der Waals surface area contributed by atoms with Gasteiger partial charge in [-0.15, -0.1) is 10.2 Å². The van der Waals surface area contributed by atoms with Gasteiger partial charge in [-0.3, -0.25) is 29.4 Å². The summed E-state index contributed by atoms with van der Waals surface area (Å²) in [5.41, 5.74) is 6.12. The Morgan fingerprint density at radius 2 is 1.20 bits per heavy atom. The zero-order chi connectivity index (χ0) is 43.7. The standard InChI is InChI=1S/C50H54N12O2/c1-3-5-19-42-52-50(48(64)61(42)32-33-21-23-34(24-22-33)37-14-7-9-16-39(37)45-53-57-58-54-45)31-13-18-41(50)44(62-43(20-6-4-2)51-49(47(62)63)29-11-12-30-49)36-27-25-35(26-28-36)38-15-8-10-17-40(38)46-55-59-60-56-46/h7-10,14-17,21-28,41,44H,3-6,11-13,18-20,29-32H2,1-2H3,(H,53,54,57,58)(H,55,56,59,60). The van der Waals surface area contributed by atoms with Crippen LogP contribution in [0.5, 0.6) is 0 Å². The van der Waals surface area contributed by atoms with Gasteiger partial charge in [-0.25, -0.2) is 10.2 Å². The summed E-state index contributed by atoms with van der Waals surface area (Å²) in [6, 6.07) is 32.7. The van der Waals surface area contributed by atoms with Crippen molar-refractivity contribution in [3.63, 3.8) is 0 Å². The fourth-order valence-corrected chi connectivity index (χ4v) is 10.8. The summed E-state index contributed by atoms with van der Waals surface area (Å²) in [5, 5.41) is 29.4. The Balaban J connectivity index is 1.02. The molecular formula is C50H54N12O2. The summed E-state index contributed by atoms with van der Waals surface area (Å²) in [7, 11) is 0. The Labute approximate surface area is 373 Å². The third kappa shape index (κ3) is 7.31. The SMILES string of the molecule is CCCCC1=NC2(CCCC2C(c2ccc(-c3ccccc3-c3nnn[nH]3)cc2)N2C(=O)C3(CCCC3)N=C2CCCC)C(=O)N1Cc1ccc(-c2ccccc2-c2nnn[nH]2)cc1. The largest absolute Gasteiger partial charge is 0.294 e. The van der Waals surface area contributed by atoms with Crippen LogP contribution in [-0.2, 0) is 16.1 Å². The molecule has 14 nitrogen and oxygen atoms in total. The van der Waals surface area contributed by atoms with Crippen molar-refractivity contribution in [3.05, 3.63) is 108 Å². The quantitative estimate of drug-likeness (QED) is 0.103. The number of H-pyrrole nitrogens is 2. The maximum absolute atomic E-state index is 15.5. The number of aliphatic imine (C=N–C) groups is 2. The number of hydrogen-bond donors (Lipinski definition) is 2. The molecule has 64 heavy (non-hydrogen) atoms. The van der Waals surface area contributed by atoms with E-state index in [9.17, 15) is 0 Å². The Hall–Kier alpha value is -6.70. The molecule has 2 spiro atoms. The number of tetrazole rings is 2. The van der Waals surface area contributed by atoms with E-state index in [1.807, 2.05) is 41.3 Å². The molecule has 2 aliphatic carbocycles. The summed E-state index contributed by atoms with van der Waals surface area (Å²) in [6.45, 7) is 4.78. The van der Waals surface area contributed by atoms with E-state index in [1.165, 1.54) is 0 Å². The highest BCUT2D eigenvalue weighted by Crippen LogP contribution is 2.54. The van der Waals surface area contributed by atoms with E-state index in [0.29, 0.717) is 31.0 Å². The van der Waals surface area contributed by atoms with Crippen LogP contribution in [-0.4, -0.2) is 85.6 Å². The Morgan fingerprint density at radius 3 is 1.77 bits per heavy atom. The molecule has 3 atom stereocenters. The van der Waals surface area contributed by atoms with Gasteiger partial charge in [0.15, 0.2) is 11.6 Å². The van der Waals surface area contributed by atoms with Crippen molar-refractivity contribution in [2.45, 2.75) is 121 Å². The number of carbonyl (C=O) groups is 2. The highest BCUT2D eigenvalue weighted by Gasteiger charge is 2.61. The number of benzene rings is 4. The Morgan fingerprint density at radius 1 is 0.641 bits per heavy atom. The van der Waals surface area contributed by atoms with Gasteiger partial charge in [-0.2, -0.15) is 0 Å². The highest BCUT2D eigenvalue weighted by molar-refractivity contribution is 6.10. The summed E-state index contributed by atoms with van der Waals surface area (Å²) < 4.78 is 0. The van der Waals surface area contributed by atoms with E-state index in [-0.39, 0.29) is 17.7 Å². The topological polar surface area (TPSA) is 174 Å². The van der Waals surface area contributed by atoms with Crippen LogP contribution in [0.1, 0.15) is 114 Å². The van der Waals surface area contributed by atoms with Crippen LogP contribution >= 0.6 is 0 Å². The lowest BCUT2D eigenvalue weighted by Gasteiger charge is -2.40. The summed E-state index contributed by atoms with van der Waals surface area (Å²) in [4.78, 5) is 45.7. The van der Waals surface area contributed by atoms with Crippen LogP contribution in [0.15, 0.2) is 107 Å². The Bertz CT molecular complexity index is 2670. The van der Waals surface area contributed by atoms with Gasteiger partial charge in [0.25, 0.3) is 11.8 Å². The van der Waals surface area contributed by atoms with Gasteiger partial charge in [0, 0.05) is 29.9 Å². The molecule has 2 amide bonds. The summed E-state index contributed by atoms with van der Waals surface area (Å²) in [5.74, 6) is 2.79. The molecule has 4 aromatic carbocycles. The number of amidine groups is 2. The van der Waals surface area contributed by atoms with Gasteiger partial charge in [0.1, 0.15) is 22.7 Å². The van der Waals surface area contributed by atoms with Crippen LogP contribution in [0, 0.1) is 5.92 Å². The second-order valence-electron chi connectivity index (χ2n) is 17.8. The maximum atomic E-state index is 15.5. The van der Waals surface area contributed by atoms with Gasteiger partial charge >= 0.3 is 0 Å². The van der Waals surface area contributed by atoms with Crippen molar-refractivity contribution in [1.82, 2.24) is 51.0 Å². The maximum Gasteiger partial charge on any atom is 0.256 e. The van der Waals surface area contributed by atoms with Crippen molar-refractivity contribution in [3.8, 4) is 45.0 Å². The molecule has 2 aromatic heterocycles. The number of aromatic nitrogens is 8. The van der Waals surface area contributed by atoms with E-state index in [0.717, 1.165) is 127 Å². The molecule has 6 aromatic rings. The van der Waals surface area contributed by atoms with Crippen molar-refractivity contribution >= 4 is 23.5 Å². The minimum atomic E-state index is -1.01. The second kappa shape index (κ2) is 17.5. The third-order valence-electron chi connectivity index (χ3n) is 14.0. The van der Waals surface area contributed by atoms with Gasteiger partial charge in [0.05, 0.1) is 12.6 Å². The van der Waals surface area contributed by atoms with Crippen LogP contribution in [0.3, 0.4) is 0 Å². The Kier molecular flexibility index (Phi) is 11.3. The number of rotatable bonds is 15. The minimum absolute atomic E-state index is 0.0406. The lowest BCUT2D eigenvalue weighted by atomic mass is 9.77.